The van der Waals surface area contributed by atoms with Gasteiger partial charge in [0.25, 0.3) is 5.91 Å². The third kappa shape index (κ3) is 3.80. The number of nitrogens with zero attached hydrogens (tertiary/aromatic N) is 1. The molecule has 2 N–H and O–H groups in total. The van der Waals surface area contributed by atoms with Gasteiger partial charge in [0.15, 0.2) is 0 Å². The number of amides is 1. The molecule has 1 rings (SSSR count). The molecule has 2 atom stereocenters. The van der Waals surface area contributed by atoms with Crippen molar-refractivity contribution in [2.45, 2.75) is 26.3 Å². The third-order valence-electron chi connectivity index (χ3n) is 2.76. The van der Waals surface area contributed by atoms with Crippen molar-refractivity contribution in [3.63, 3.8) is 0 Å². The summed E-state index contributed by atoms with van der Waals surface area (Å²) in [6.45, 7) is 3.67. The first-order chi connectivity index (χ1) is 8.45. The summed E-state index contributed by atoms with van der Waals surface area (Å²) in [4.78, 5) is 26.9. The van der Waals surface area contributed by atoms with E-state index >= 15 is 0 Å². The first-order valence-corrected chi connectivity index (χ1v) is 6.40. The Balaban J connectivity index is 2.78. The maximum atomic E-state index is 11.9. The molecule has 5 nitrogen and oxygen atoms in total. The van der Waals surface area contributed by atoms with Crippen LogP contribution in [0, 0.1) is 5.92 Å². The Hall–Kier alpha value is -1.43. The van der Waals surface area contributed by atoms with Crippen LogP contribution in [0.4, 0.5) is 0 Å². The zero-order valence-corrected chi connectivity index (χ0v) is 11.8. The van der Waals surface area contributed by atoms with Gasteiger partial charge in [-0.3, -0.25) is 4.79 Å². The summed E-state index contributed by atoms with van der Waals surface area (Å²) in [5, 5.41) is 11.6. The maximum absolute atomic E-state index is 11.9. The summed E-state index contributed by atoms with van der Waals surface area (Å²) in [5.41, 5.74) is 0.341. The van der Waals surface area contributed by atoms with Crippen molar-refractivity contribution < 1.29 is 14.7 Å². The molecular formula is C12H15BrN2O3. The lowest BCUT2D eigenvalue weighted by molar-refractivity contribution is -0.140. The molecule has 1 amide bonds. The standard InChI is InChI=1S/C12H15BrN2O3/c1-3-7(2)10(12(17)18)15-11(16)8-4-5-9(13)14-6-8/h4-7,10H,3H2,1-2H3,(H,15,16)(H,17,18)/t7-,10-/m0/s1. The Kier molecular flexibility index (Phi) is 5.27. The van der Waals surface area contributed by atoms with Crippen molar-refractivity contribution in [3.8, 4) is 0 Å². The molecule has 1 aromatic rings. The average Bonchev–Trinajstić information content (AvgIpc) is 2.35. The van der Waals surface area contributed by atoms with Gasteiger partial charge >= 0.3 is 5.97 Å². The number of carbonyl (C=O) groups is 2. The van der Waals surface area contributed by atoms with E-state index in [4.69, 9.17) is 5.11 Å². The zero-order valence-electron chi connectivity index (χ0n) is 10.2. The van der Waals surface area contributed by atoms with Crippen LogP contribution in [-0.4, -0.2) is 28.0 Å². The highest BCUT2D eigenvalue weighted by molar-refractivity contribution is 9.10. The smallest absolute Gasteiger partial charge is 0.326 e. The van der Waals surface area contributed by atoms with E-state index < -0.39 is 17.9 Å². The number of halogens is 1. The SMILES string of the molecule is CC[C@H](C)[C@H](NC(=O)c1ccc(Br)nc1)C(=O)O. The topological polar surface area (TPSA) is 79.3 Å². The van der Waals surface area contributed by atoms with Gasteiger partial charge in [0.1, 0.15) is 10.6 Å². The number of carboxylic acid groups (broad SMARTS) is 1. The monoisotopic (exact) mass is 314 g/mol. The second-order valence-electron chi connectivity index (χ2n) is 4.04. The molecule has 18 heavy (non-hydrogen) atoms. The predicted octanol–water partition coefficient (Wildman–Crippen LogP) is 2.07. The number of hydrogen-bond donors (Lipinski definition) is 2. The lowest BCUT2D eigenvalue weighted by atomic mass is 9.99. The minimum absolute atomic E-state index is 0.130. The van der Waals surface area contributed by atoms with Gasteiger partial charge in [-0.1, -0.05) is 20.3 Å². The summed E-state index contributed by atoms with van der Waals surface area (Å²) >= 11 is 3.17. The molecule has 98 valence electrons. The summed E-state index contributed by atoms with van der Waals surface area (Å²) in [6, 6.07) is 2.33. The van der Waals surface area contributed by atoms with Crippen LogP contribution in [0.25, 0.3) is 0 Å². The minimum Gasteiger partial charge on any atom is -0.480 e. The van der Waals surface area contributed by atoms with Crippen molar-refractivity contribution in [3.05, 3.63) is 28.5 Å². The highest BCUT2D eigenvalue weighted by Crippen LogP contribution is 2.10. The van der Waals surface area contributed by atoms with Gasteiger partial charge in [-0.25, -0.2) is 9.78 Å². The third-order valence-corrected chi connectivity index (χ3v) is 3.22. The summed E-state index contributed by atoms with van der Waals surface area (Å²) < 4.78 is 0.621. The first-order valence-electron chi connectivity index (χ1n) is 5.61. The molecule has 1 heterocycles. The van der Waals surface area contributed by atoms with E-state index in [1.54, 1.807) is 19.1 Å². The number of pyridine rings is 1. The van der Waals surface area contributed by atoms with E-state index in [0.29, 0.717) is 16.6 Å². The van der Waals surface area contributed by atoms with Crippen molar-refractivity contribution in [1.82, 2.24) is 10.3 Å². The highest BCUT2D eigenvalue weighted by Gasteiger charge is 2.25. The van der Waals surface area contributed by atoms with E-state index in [0.717, 1.165) is 0 Å². The molecule has 6 heteroatoms. The molecule has 0 aliphatic rings. The first kappa shape index (κ1) is 14.6. The van der Waals surface area contributed by atoms with Crippen LogP contribution in [0.5, 0.6) is 0 Å². The molecule has 1 aromatic heterocycles. The highest BCUT2D eigenvalue weighted by atomic mass is 79.9. The normalized spacial score (nSPS) is 13.7. The second kappa shape index (κ2) is 6.49. The lowest BCUT2D eigenvalue weighted by Crippen LogP contribution is -2.45. The number of hydrogen-bond acceptors (Lipinski definition) is 3. The Morgan fingerprint density at radius 3 is 2.61 bits per heavy atom. The average molecular weight is 315 g/mol. The lowest BCUT2D eigenvalue weighted by Gasteiger charge is -2.20. The molecule has 0 spiro atoms. The van der Waals surface area contributed by atoms with Crippen LogP contribution in [0.3, 0.4) is 0 Å². The Morgan fingerprint density at radius 2 is 2.17 bits per heavy atom. The van der Waals surface area contributed by atoms with E-state index in [2.05, 4.69) is 26.2 Å². The molecule has 0 radical (unpaired) electrons. The van der Waals surface area contributed by atoms with Crippen molar-refractivity contribution in [1.29, 1.82) is 0 Å². The van der Waals surface area contributed by atoms with Crippen LogP contribution in [0.2, 0.25) is 0 Å². The number of rotatable bonds is 5. The van der Waals surface area contributed by atoms with Crippen molar-refractivity contribution >= 4 is 27.8 Å². The molecule has 0 saturated heterocycles. The van der Waals surface area contributed by atoms with Gasteiger partial charge in [-0.2, -0.15) is 0 Å². The fourth-order valence-electron chi connectivity index (χ4n) is 1.42. The quantitative estimate of drug-likeness (QED) is 0.815. The predicted molar refractivity (Wildman–Crippen MR) is 70.3 cm³/mol. The van der Waals surface area contributed by atoms with Crippen LogP contribution >= 0.6 is 15.9 Å². The fraction of sp³-hybridized carbons (Fsp3) is 0.417. The van der Waals surface area contributed by atoms with Crippen LogP contribution in [0.1, 0.15) is 30.6 Å². The zero-order chi connectivity index (χ0) is 13.7. The van der Waals surface area contributed by atoms with Gasteiger partial charge in [0.05, 0.1) is 5.56 Å². The summed E-state index contributed by atoms with van der Waals surface area (Å²) in [5.74, 6) is -1.58. The second-order valence-corrected chi connectivity index (χ2v) is 4.86. The van der Waals surface area contributed by atoms with E-state index in [1.165, 1.54) is 6.20 Å². The van der Waals surface area contributed by atoms with Crippen LogP contribution in [0.15, 0.2) is 22.9 Å². The molecule has 0 bridgehead atoms. The molecule has 0 aliphatic carbocycles. The summed E-state index contributed by atoms with van der Waals surface area (Å²) in [7, 11) is 0. The molecule has 0 fully saturated rings. The Labute approximate surface area is 114 Å². The van der Waals surface area contributed by atoms with Gasteiger partial charge in [-0.15, -0.1) is 0 Å². The van der Waals surface area contributed by atoms with Gasteiger partial charge in [-0.05, 0) is 34.0 Å². The number of carboxylic acids is 1. The number of aromatic nitrogens is 1. The Bertz CT molecular complexity index is 433. The molecule has 0 unspecified atom stereocenters. The number of nitrogens with one attached hydrogen (secondary N) is 1. The largest absolute Gasteiger partial charge is 0.480 e. The van der Waals surface area contributed by atoms with E-state index in [1.807, 2.05) is 6.92 Å². The number of carbonyl (C=O) groups excluding carboxylic acids is 1. The number of aliphatic carboxylic acids is 1. The van der Waals surface area contributed by atoms with E-state index in [9.17, 15) is 9.59 Å². The molecule has 0 aromatic carbocycles. The molecule has 0 saturated carbocycles. The van der Waals surface area contributed by atoms with E-state index in [-0.39, 0.29) is 5.92 Å². The molecule has 0 aliphatic heterocycles. The minimum atomic E-state index is -1.03. The Morgan fingerprint density at radius 1 is 1.50 bits per heavy atom. The van der Waals surface area contributed by atoms with Crippen LogP contribution in [-0.2, 0) is 4.79 Å². The van der Waals surface area contributed by atoms with Gasteiger partial charge in [0, 0.05) is 6.20 Å². The summed E-state index contributed by atoms with van der Waals surface area (Å²) in [6.07, 6.45) is 2.07. The maximum Gasteiger partial charge on any atom is 0.326 e. The van der Waals surface area contributed by atoms with Crippen LogP contribution < -0.4 is 5.32 Å². The van der Waals surface area contributed by atoms with Gasteiger partial charge < -0.3 is 10.4 Å². The van der Waals surface area contributed by atoms with Crippen molar-refractivity contribution in [2.75, 3.05) is 0 Å². The fourth-order valence-corrected chi connectivity index (χ4v) is 1.65. The van der Waals surface area contributed by atoms with Crippen molar-refractivity contribution in [2.24, 2.45) is 5.92 Å². The van der Waals surface area contributed by atoms with Gasteiger partial charge in [0.2, 0.25) is 0 Å². The molecular weight excluding hydrogens is 300 g/mol.